The van der Waals surface area contributed by atoms with Crippen LogP contribution in [0.25, 0.3) is 0 Å². The summed E-state index contributed by atoms with van der Waals surface area (Å²) < 4.78 is 10.7. The number of ether oxygens (including phenoxy) is 2. The van der Waals surface area contributed by atoms with Gasteiger partial charge < -0.3 is 19.7 Å². The number of hydrogen-bond acceptors (Lipinski definition) is 6. The molecule has 3 aromatic rings. The first kappa shape index (κ1) is 21.8. The van der Waals surface area contributed by atoms with Crippen LogP contribution in [0.5, 0.6) is 5.75 Å². The van der Waals surface area contributed by atoms with E-state index in [0.29, 0.717) is 24.6 Å². The van der Waals surface area contributed by atoms with E-state index in [-0.39, 0.29) is 13.0 Å². The topological polar surface area (TPSA) is 67.9 Å². The van der Waals surface area contributed by atoms with Gasteiger partial charge in [0.2, 0.25) is 0 Å². The summed E-state index contributed by atoms with van der Waals surface area (Å²) in [5.74, 6) is -0.253. The van der Waals surface area contributed by atoms with Crippen LogP contribution < -0.4 is 15.0 Å². The molecule has 0 saturated heterocycles. The fourth-order valence-electron chi connectivity index (χ4n) is 3.48. The number of para-hydroxylation sites is 4. The van der Waals surface area contributed by atoms with Gasteiger partial charge in [-0.3, -0.25) is 9.59 Å². The maximum atomic E-state index is 12.4. The van der Waals surface area contributed by atoms with Gasteiger partial charge in [0, 0.05) is 16.3 Å². The molecular formula is C25H24N2O4S. The van der Waals surface area contributed by atoms with Gasteiger partial charge in [0.05, 0.1) is 30.1 Å². The van der Waals surface area contributed by atoms with Crippen molar-refractivity contribution in [3.8, 4) is 5.75 Å². The molecule has 0 aromatic heterocycles. The predicted molar refractivity (Wildman–Crippen MR) is 126 cm³/mol. The summed E-state index contributed by atoms with van der Waals surface area (Å²) in [6.45, 7) is 2.48. The van der Waals surface area contributed by atoms with Crippen molar-refractivity contribution >= 4 is 40.7 Å². The molecule has 1 N–H and O–H groups in total. The van der Waals surface area contributed by atoms with Crippen LogP contribution in [0.2, 0.25) is 0 Å². The first-order chi connectivity index (χ1) is 15.7. The molecule has 0 atom stereocenters. The summed E-state index contributed by atoms with van der Waals surface area (Å²) in [5, 5.41) is 2.73. The van der Waals surface area contributed by atoms with Gasteiger partial charge in [-0.05, 0) is 43.3 Å². The number of benzene rings is 3. The van der Waals surface area contributed by atoms with Gasteiger partial charge in [0.25, 0.3) is 5.91 Å². The second kappa shape index (κ2) is 10.2. The summed E-state index contributed by atoms with van der Waals surface area (Å²) in [7, 11) is 0. The SMILES string of the molecule is CCOc1ccccc1NC(=O)COC(=O)CCN1c2ccccc2Sc2ccccc21. The lowest BCUT2D eigenvalue weighted by Crippen LogP contribution is -2.26. The van der Waals surface area contributed by atoms with Crippen LogP contribution in [0.1, 0.15) is 13.3 Å². The Bertz CT molecular complexity index is 1070. The smallest absolute Gasteiger partial charge is 0.308 e. The highest BCUT2D eigenvalue weighted by atomic mass is 32.2. The van der Waals surface area contributed by atoms with Crippen LogP contribution in [-0.4, -0.2) is 31.6 Å². The highest BCUT2D eigenvalue weighted by Gasteiger charge is 2.23. The van der Waals surface area contributed by atoms with Crippen molar-refractivity contribution in [2.45, 2.75) is 23.1 Å². The van der Waals surface area contributed by atoms with Gasteiger partial charge >= 0.3 is 5.97 Å². The van der Waals surface area contributed by atoms with Gasteiger partial charge in [-0.2, -0.15) is 0 Å². The van der Waals surface area contributed by atoms with Crippen molar-refractivity contribution in [1.82, 2.24) is 0 Å². The van der Waals surface area contributed by atoms with E-state index in [1.54, 1.807) is 30.0 Å². The third-order valence-corrected chi connectivity index (χ3v) is 6.03. The summed E-state index contributed by atoms with van der Waals surface area (Å²) in [5.41, 5.74) is 2.68. The summed E-state index contributed by atoms with van der Waals surface area (Å²) >= 11 is 1.72. The minimum absolute atomic E-state index is 0.163. The van der Waals surface area contributed by atoms with E-state index >= 15 is 0 Å². The zero-order valence-electron chi connectivity index (χ0n) is 17.7. The molecule has 0 unspecified atom stereocenters. The van der Waals surface area contributed by atoms with Crippen molar-refractivity contribution < 1.29 is 19.1 Å². The molecule has 1 aliphatic rings. The quantitative estimate of drug-likeness (QED) is 0.474. The molecule has 164 valence electrons. The Balaban J connectivity index is 1.34. The number of carbonyl (C=O) groups excluding carboxylic acids is 2. The number of carbonyl (C=O) groups is 2. The molecule has 6 nitrogen and oxygen atoms in total. The molecule has 0 radical (unpaired) electrons. The average Bonchev–Trinajstić information content (AvgIpc) is 2.82. The van der Waals surface area contributed by atoms with Crippen LogP contribution in [0.15, 0.2) is 82.6 Å². The van der Waals surface area contributed by atoms with Gasteiger partial charge in [-0.1, -0.05) is 48.2 Å². The maximum Gasteiger partial charge on any atom is 0.308 e. The third-order valence-electron chi connectivity index (χ3n) is 4.90. The van der Waals surface area contributed by atoms with Gasteiger partial charge in [0.1, 0.15) is 5.75 Å². The Morgan fingerprint density at radius 2 is 1.53 bits per heavy atom. The van der Waals surface area contributed by atoms with Crippen molar-refractivity contribution in [2.75, 3.05) is 30.0 Å². The van der Waals surface area contributed by atoms with E-state index in [1.807, 2.05) is 49.4 Å². The number of rotatable bonds is 8. The Morgan fingerprint density at radius 3 is 2.22 bits per heavy atom. The zero-order valence-corrected chi connectivity index (χ0v) is 18.6. The van der Waals surface area contributed by atoms with Crippen LogP contribution >= 0.6 is 11.8 Å². The van der Waals surface area contributed by atoms with Crippen LogP contribution in [-0.2, 0) is 14.3 Å². The molecular weight excluding hydrogens is 424 g/mol. The minimum atomic E-state index is -0.425. The molecule has 0 spiro atoms. The largest absolute Gasteiger partial charge is 0.492 e. The molecule has 0 saturated carbocycles. The number of esters is 1. The molecule has 32 heavy (non-hydrogen) atoms. The van der Waals surface area contributed by atoms with Crippen molar-refractivity contribution in [3.63, 3.8) is 0 Å². The lowest BCUT2D eigenvalue weighted by atomic mass is 10.2. The van der Waals surface area contributed by atoms with Gasteiger partial charge in [-0.25, -0.2) is 0 Å². The molecule has 1 heterocycles. The lowest BCUT2D eigenvalue weighted by molar-refractivity contribution is -0.147. The summed E-state index contributed by atoms with van der Waals surface area (Å²) in [4.78, 5) is 29.0. The fraction of sp³-hybridized carbons (Fsp3) is 0.200. The number of nitrogens with zero attached hydrogens (tertiary/aromatic N) is 1. The Hall–Kier alpha value is -3.45. The molecule has 0 bridgehead atoms. The lowest BCUT2D eigenvalue weighted by Gasteiger charge is -2.32. The summed E-state index contributed by atoms with van der Waals surface area (Å²) in [6, 6.07) is 23.4. The van der Waals surface area contributed by atoms with Crippen LogP contribution in [0.3, 0.4) is 0 Å². The number of amides is 1. The standard InChI is InChI=1S/C25H24N2O4S/c1-2-30-21-12-6-3-9-18(21)26-24(28)17-31-25(29)15-16-27-19-10-4-7-13-22(19)32-23-14-8-5-11-20(23)27/h3-14H,2,15-17H2,1H3,(H,26,28). The van der Waals surface area contributed by atoms with E-state index in [9.17, 15) is 9.59 Å². The Labute approximate surface area is 191 Å². The number of fused-ring (bicyclic) bond motifs is 2. The van der Waals surface area contributed by atoms with Crippen LogP contribution in [0.4, 0.5) is 17.1 Å². The van der Waals surface area contributed by atoms with E-state index in [0.717, 1.165) is 21.2 Å². The van der Waals surface area contributed by atoms with Gasteiger partial charge in [0.15, 0.2) is 6.61 Å². The number of anilines is 3. The number of hydrogen-bond donors (Lipinski definition) is 1. The highest BCUT2D eigenvalue weighted by Crippen LogP contribution is 2.47. The van der Waals surface area contributed by atoms with Crippen molar-refractivity contribution in [3.05, 3.63) is 72.8 Å². The Kier molecular flexibility index (Phi) is 6.97. The third kappa shape index (κ3) is 5.06. The molecule has 7 heteroatoms. The molecule has 1 amide bonds. The molecule has 3 aromatic carbocycles. The Morgan fingerprint density at radius 1 is 0.906 bits per heavy atom. The summed E-state index contributed by atoms with van der Waals surface area (Å²) in [6.07, 6.45) is 0.163. The monoisotopic (exact) mass is 448 g/mol. The highest BCUT2D eigenvalue weighted by molar-refractivity contribution is 7.99. The maximum absolute atomic E-state index is 12.4. The minimum Gasteiger partial charge on any atom is -0.492 e. The van der Waals surface area contributed by atoms with E-state index in [4.69, 9.17) is 9.47 Å². The van der Waals surface area contributed by atoms with Gasteiger partial charge in [-0.15, -0.1) is 0 Å². The van der Waals surface area contributed by atoms with E-state index in [1.165, 1.54) is 0 Å². The first-order valence-electron chi connectivity index (χ1n) is 10.5. The number of nitrogens with one attached hydrogen (secondary N) is 1. The molecule has 0 aliphatic carbocycles. The normalized spacial score (nSPS) is 11.8. The van der Waals surface area contributed by atoms with E-state index < -0.39 is 11.9 Å². The molecule has 4 rings (SSSR count). The fourth-order valence-corrected chi connectivity index (χ4v) is 4.58. The van der Waals surface area contributed by atoms with E-state index in [2.05, 4.69) is 22.3 Å². The second-order valence-electron chi connectivity index (χ2n) is 7.08. The van der Waals surface area contributed by atoms with Crippen LogP contribution in [0, 0.1) is 0 Å². The van der Waals surface area contributed by atoms with Crippen molar-refractivity contribution in [2.24, 2.45) is 0 Å². The predicted octanol–water partition coefficient (Wildman–Crippen LogP) is 5.26. The molecule has 0 fully saturated rings. The zero-order chi connectivity index (χ0) is 22.3. The first-order valence-corrected chi connectivity index (χ1v) is 11.3. The second-order valence-corrected chi connectivity index (χ2v) is 8.16. The van der Waals surface area contributed by atoms with Crippen molar-refractivity contribution in [1.29, 1.82) is 0 Å². The molecule has 1 aliphatic heterocycles. The average molecular weight is 449 g/mol.